The van der Waals surface area contributed by atoms with Crippen LogP contribution in [0.3, 0.4) is 0 Å². The van der Waals surface area contributed by atoms with Gasteiger partial charge in [0.1, 0.15) is 11.1 Å². The lowest BCUT2D eigenvalue weighted by atomic mass is 10.1. The summed E-state index contributed by atoms with van der Waals surface area (Å²) in [5.74, 6) is -1.84. The molecule has 0 aromatic heterocycles. The first-order valence-electron chi connectivity index (χ1n) is 5.75. The second-order valence-corrected chi connectivity index (χ2v) is 6.67. The Bertz CT molecular complexity index is 673. The first kappa shape index (κ1) is 17.3. The molecule has 0 aliphatic heterocycles. The smallest absolute Gasteiger partial charge is 0.322 e. The number of hydrogen-bond acceptors (Lipinski definition) is 5. The van der Waals surface area contributed by atoms with Gasteiger partial charge in [0.05, 0.1) is 9.82 Å². The van der Waals surface area contributed by atoms with Crippen LogP contribution < -0.4 is 4.72 Å². The fourth-order valence-electron chi connectivity index (χ4n) is 1.51. The van der Waals surface area contributed by atoms with Crippen LogP contribution in [0.4, 0.5) is 5.69 Å². The largest absolute Gasteiger partial charge is 0.480 e. The van der Waals surface area contributed by atoms with Gasteiger partial charge in [0.2, 0.25) is 10.0 Å². The maximum absolute atomic E-state index is 12.1. The topological polar surface area (TPSA) is 127 Å². The average molecular weight is 337 g/mol. The fourth-order valence-corrected chi connectivity index (χ4v) is 3.05. The summed E-state index contributed by atoms with van der Waals surface area (Å²) in [6.07, 6.45) is 0. The third-order valence-electron chi connectivity index (χ3n) is 2.64. The molecular weight excluding hydrogens is 324 g/mol. The molecule has 116 valence electrons. The molecule has 0 bridgehead atoms. The van der Waals surface area contributed by atoms with E-state index in [1.165, 1.54) is 13.8 Å². The standard InChI is InChI=1S/C11H13ClN2O6S/c1-6(2)10(11(15)16)13-21(19,20)7-3-4-8(12)9(5-7)14(17)18/h3-6,10,13H,1-2H3,(H,15,16)/t10-/m0/s1. The van der Waals surface area contributed by atoms with Gasteiger partial charge in [-0.1, -0.05) is 25.4 Å². The van der Waals surface area contributed by atoms with Crippen molar-refractivity contribution in [3.8, 4) is 0 Å². The van der Waals surface area contributed by atoms with Crippen LogP contribution in [0.2, 0.25) is 5.02 Å². The summed E-state index contributed by atoms with van der Waals surface area (Å²) >= 11 is 5.60. The second-order valence-electron chi connectivity index (χ2n) is 4.55. The molecule has 0 fully saturated rings. The SMILES string of the molecule is CC(C)[C@H](NS(=O)(=O)c1ccc(Cl)c([N+](=O)[O-])c1)C(=O)O. The number of halogens is 1. The van der Waals surface area contributed by atoms with Crippen molar-refractivity contribution in [1.82, 2.24) is 4.72 Å². The molecule has 1 rings (SSSR count). The van der Waals surface area contributed by atoms with E-state index in [1.807, 2.05) is 4.72 Å². The lowest BCUT2D eigenvalue weighted by Crippen LogP contribution is -2.44. The number of nitrogens with one attached hydrogen (secondary N) is 1. The van der Waals surface area contributed by atoms with E-state index in [9.17, 15) is 23.3 Å². The number of benzene rings is 1. The summed E-state index contributed by atoms with van der Waals surface area (Å²) in [6.45, 7) is 3.07. The lowest BCUT2D eigenvalue weighted by Gasteiger charge is -2.17. The predicted molar refractivity (Wildman–Crippen MR) is 74.7 cm³/mol. The minimum Gasteiger partial charge on any atom is -0.480 e. The molecule has 0 amide bonds. The third-order valence-corrected chi connectivity index (χ3v) is 4.40. The summed E-state index contributed by atoms with van der Waals surface area (Å²) in [5, 5.41) is 19.5. The van der Waals surface area contributed by atoms with Gasteiger partial charge in [0.25, 0.3) is 5.69 Å². The highest BCUT2D eigenvalue weighted by atomic mass is 35.5. The van der Waals surface area contributed by atoms with E-state index in [-0.39, 0.29) is 5.02 Å². The Morgan fingerprint density at radius 1 is 1.43 bits per heavy atom. The molecule has 0 saturated carbocycles. The van der Waals surface area contributed by atoms with Gasteiger partial charge >= 0.3 is 5.97 Å². The molecular formula is C11H13ClN2O6S. The summed E-state index contributed by atoms with van der Waals surface area (Å²) in [7, 11) is -4.22. The maximum atomic E-state index is 12.1. The number of carbonyl (C=O) groups is 1. The number of rotatable bonds is 6. The molecule has 1 aromatic carbocycles. The number of aliphatic carboxylic acids is 1. The number of hydrogen-bond donors (Lipinski definition) is 2. The predicted octanol–water partition coefficient (Wildman–Crippen LogP) is 1.64. The first-order chi connectivity index (χ1) is 9.56. The van der Waals surface area contributed by atoms with Crippen LogP contribution >= 0.6 is 11.6 Å². The van der Waals surface area contributed by atoms with Gasteiger partial charge in [-0.05, 0) is 18.1 Å². The zero-order valence-electron chi connectivity index (χ0n) is 11.1. The van der Waals surface area contributed by atoms with E-state index >= 15 is 0 Å². The monoisotopic (exact) mass is 336 g/mol. The molecule has 0 unspecified atom stereocenters. The Hall–Kier alpha value is -1.71. The molecule has 1 atom stereocenters. The number of nitro benzene ring substituents is 1. The van der Waals surface area contributed by atoms with Crippen molar-refractivity contribution in [2.45, 2.75) is 24.8 Å². The van der Waals surface area contributed by atoms with Gasteiger partial charge in [-0.25, -0.2) is 8.42 Å². The van der Waals surface area contributed by atoms with Crippen molar-refractivity contribution < 1.29 is 23.2 Å². The summed E-state index contributed by atoms with van der Waals surface area (Å²) in [4.78, 5) is 20.5. The Kier molecular flexibility index (Phi) is 5.26. The van der Waals surface area contributed by atoms with Gasteiger partial charge in [-0.3, -0.25) is 14.9 Å². The van der Waals surface area contributed by atoms with Crippen molar-refractivity contribution in [2.75, 3.05) is 0 Å². The quantitative estimate of drug-likeness (QED) is 0.600. The van der Waals surface area contributed by atoms with Crippen molar-refractivity contribution >= 4 is 33.3 Å². The highest BCUT2D eigenvalue weighted by Gasteiger charge is 2.29. The number of nitrogens with zero attached hydrogens (tertiary/aromatic N) is 1. The van der Waals surface area contributed by atoms with Gasteiger partial charge in [0, 0.05) is 6.07 Å². The van der Waals surface area contributed by atoms with Crippen LogP contribution in [0.5, 0.6) is 0 Å². The molecule has 10 heteroatoms. The van der Waals surface area contributed by atoms with E-state index in [0.29, 0.717) is 0 Å². The summed E-state index contributed by atoms with van der Waals surface area (Å²) < 4.78 is 26.2. The second kappa shape index (κ2) is 6.37. The number of carboxylic acids is 1. The summed E-state index contributed by atoms with van der Waals surface area (Å²) in [6, 6.07) is 1.57. The fraction of sp³-hybridized carbons (Fsp3) is 0.364. The van der Waals surface area contributed by atoms with Crippen molar-refractivity contribution in [1.29, 1.82) is 0 Å². The van der Waals surface area contributed by atoms with Crippen LogP contribution in [-0.4, -0.2) is 30.5 Å². The minimum absolute atomic E-state index is 0.211. The van der Waals surface area contributed by atoms with Crippen LogP contribution in [0.25, 0.3) is 0 Å². The molecule has 0 aliphatic rings. The molecule has 1 aromatic rings. The van der Waals surface area contributed by atoms with E-state index in [1.54, 1.807) is 0 Å². The zero-order chi connectivity index (χ0) is 16.4. The van der Waals surface area contributed by atoms with Gasteiger partial charge in [-0.2, -0.15) is 4.72 Å². The first-order valence-corrected chi connectivity index (χ1v) is 7.61. The van der Waals surface area contributed by atoms with E-state index in [4.69, 9.17) is 16.7 Å². The van der Waals surface area contributed by atoms with Crippen molar-refractivity contribution in [3.05, 3.63) is 33.3 Å². The van der Waals surface area contributed by atoms with E-state index in [2.05, 4.69) is 0 Å². The Morgan fingerprint density at radius 3 is 2.43 bits per heavy atom. The van der Waals surface area contributed by atoms with Gasteiger partial charge < -0.3 is 5.11 Å². The zero-order valence-corrected chi connectivity index (χ0v) is 12.7. The highest BCUT2D eigenvalue weighted by Crippen LogP contribution is 2.27. The maximum Gasteiger partial charge on any atom is 0.322 e. The Balaban J connectivity index is 3.22. The molecule has 0 spiro atoms. The molecule has 0 heterocycles. The molecule has 0 radical (unpaired) electrons. The van der Waals surface area contributed by atoms with Gasteiger partial charge in [0.15, 0.2) is 0 Å². The number of nitro groups is 1. The van der Waals surface area contributed by atoms with Crippen molar-refractivity contribution in [2.24, 2.45) is 5.92 Å². The van der Waals surface area contributed by atoms with E-state index < -0.39 is 43.5 Å². The Labute approximate surface area is 125 Å². The lowest BCUT2D eigenvalue weighted by molar-refractivity contribution is -0.384. The molecule has 0 aliphatic carbocycles. The normalized spacial score (nSPS) is 13.1. The van der Waals surface area contributed by atoms with Crippen LogP contribution in [0.1, 0.15) is 13.8 Å². The average Bonchev–Trinajstić information content (AvgIpc) is 2.35. The minimum atomic E-state index is -4.22. The van der Waals surface area contributed by atoms with Crippen molar-refractivity contribution in [3.63, 3.8) is 0 Å². The molecule has 2 N–H and O–H groups in total. The number of sulfonamides is 1. The molecule has 0 saturated heterocycles. The number of carboxylic acid groups (broad SMARTS) is 1. The van der Waals surface area contributed by atoms with Gasteiger partial charge in [-0.15, -0.1) is 0 Å². The summed E-state index contributed by atoms with van der Waals surface area (Å²) in [5.41, 5.74) is -0.573. The van der Waals surface area contributed by atoms with Crippen LogP contribution in [0, 0.1) is 16.0 Å². The van der Waals surface area contributed by atoms with Crippen LogP contribution in [0.15, 0.2) is 23.1 Å². The highest BCUT2D eigenvalue weighted by molar-refractivity contribution is 7.89. The molecule has 8 nitrogen and oxygen atoms in total. The molecule has 21 heavy (non-hydrogen) atoms. The van der Waals surface area contributed by atoms with E-state index in [0.717, 1.165) is 18.2 Å². The Morgan fingerprint density at radius 2 is 2.00 bits per heavy atom. The third kappa shape index (κ3) is 4.13. The van der Waals surface area contributed by atoms with Crippen LogP contribution in [-0.2, 0) is 14.8 Å².